The van der Waals surface area contributed by atoms with Crippen LogP contribution < -0.4 is 24.8 Å². The molecule has 0 saturated carbocycles. The molecule has 0 heterocycles. The van der Waals surface area contributed by atoms with Gasteiger partial charge in [-0.05, 0) is 17.7 Å². The quantitative estimate of drug-likeness (QED) is 0.598. The summed E-state index contributed by atoms with van der Waals surface area (Å²) in [5, 5.41) is 6.57. The molecule has 6 heteroatoms. The molecule has 2 rings (SSSR count). The minimum Gasteiger partial charge on any atom is -0.493 e. The van der Waals surface area contributed by atoms with E-state index in [1.54, 1.807) is 28.4 Å². The average Bonchev–Trinajstić information content (AvgIpc) is 2.67. The highest BCUT2D eigenvalue weighted by atomic mass is 16.5. The summed E-state index contributed by atoms with van der Waals surface area (Å²) < 4.78 is 16.2. The van der Waals surface area contributed by atoms with Crippen molar-refractivity contribution in [2.45, 2.75) is 13.1 Å². The third-order valence-electron chi connectivity index (χ3n) is 3.76. The molecule has 0 unspecified atom stereocenters. The number of guanidine groups is 1. The molecule has 0 aliphatic heterocycles. The predicted octanol–water partition coefficient (Wildman–Crippen LogP) is 2.58. The zero-order chi connectivity index (χ0) is 18.1. The summed E-state index contributed by atoms with van der Waals surface area (Å²) in [4.78, 5) is 4.25. The van der Waals surface area contributed by atoms with Crippen molar-refractivity contribution in [2.75, 3.05) is 28.4 Å². The van der Waals surface area contributed by atoms with Gasteiger partial charge in [0, 0.05) is 25.7 Å². The highest BCUT2D eigenvalue weighted by Crippen LogP contribution is 2.39. The number of methoxy groups -OCH3 is 3. The fourth-order valence-electron chi connectivity index (χ4n) is 2.48. The normalized spacial score (nSPS) is 11.0. The second kappa shape index (κ2) is 9.42. The van der Waals surface area contributed by atoms with Gasteiger partial charge in [0.05, 0.1) is 21.3 Å². The molecule has 0 aliphatic rings. The maximum Gasteiger partial charge on any atom is 0.203 e. The van der Waals surface area contributed by atoms with Crippen LogP contribution >= 0.6 is 0 Å². The van der Waals surface area contributed by atoms with Crippen molar-refractivity contribution in [3.63, 3.8) is 0 Å². The summed E-state index contributed by atoms with van der Waals surface area (Å²) in [6, 6.07) is 14.0. The highest BCUT2D eigenvalue weighted by molar-refractivity contribution is 5.79. The molecule has 0 radical (unpaired) electrons. The van der Waals surface area contributed by atoms with Crippen molar-refractivity contribution in [1.82, 2.24) is 10.6 Å². The van der Waals surface area contributed by atoms with E-state index in [9.17, 15) is 0 Å². The lowest BCUT2D eigenvalue weighted by Gasteiger charge is -2.17. The highest BCUT2D eigenvalue weighted by Gasteiger charge is 2.15. The molecule has 0 bridgehead atoms. The standard InChI is InChI=1S/C19H25N3O3/c1-20-19(21-12-14-8-6-5-7-9-14)22-13-15-10-11-16(23-2)18(25-4)17(15)24-3/h5-11H,12-13H2,1-4H3,(H2,20,21,22). The molecule has 0 atom stereocenters. The van der Waals surface area contributed by atoms with Gasteiger partial charge in [-0.15, -0.1) is 0 Å². The Labute approximate surface area is 148 Å². The molecule has 2 aromatic rings. The Balaban J connectivity index is 2.03. The molecule has 6 nitrogen and oxygen atoms in total. The molecule has 0 fully saturated rings. The van der Waals surface area contributed by atoms with Gasteiger partial charge < -0.3 is 24.8 Å². The van der Waals surface area contributed by atoms with Crippen molar-refractivity contribution < 1.29 is 14.2 Å². The van der Waals surface area contributed by atoms with Gasteiger partial charge in [0.25, 0.3) is 0 Å². The molecule has 0 amide bonds. The van der Waals surface area contributed by atoms with E-state index >= 15 is 0 Å². The van der Waals surface area contributed by atoms with Gasteiger partial charge in [0.15, 0.2) is 17.5 Å². The van der Waals surface area contributed by atoms with Crippen LogP contribution in [-0.4, -0.2) is 34.3 Å². The van der Waals surface area contributed by atoms with E-state index in [0.717, 1.165) is 5.56 Å². The van der Waals surface area contributed by atoms with E-state index in [4.69, 9.17) is 14.2 Å². The summed E-state index contributed by atoms with van der Waals surface area (Å²) in [6.07, 6.45) is 0. The Morgan fingerprint density at radius 2 is 1.52 bits per heavy atom. The SMILES string of the molecule is CN=C(NCc1ccccc1)NCc1ccc(OC)c(OC)c1OC. The van der Waals surface area contributed by atoms with Crippen LogP contribution in [0.2, 0.25) is 0 Å². The topological polar surface area (TPSA) is 64.1 Å². The van der Waals surface area contributed by atoms with Crippen LogP contribution in [0.15, 0.2) is 47.5 Å². The van der Waals surface area contributed by atoms with Crippen molar-refractivity contribution in [1.29, 1.82) is 0 Å². The fraction of sp³-hybridized carbons (Fsp3) is 0.316. The van der Waals surface area contributed by atoms with E-state index in [1.165, 1.54) is 5.56 Å². The Morgan fingerprint density at radius 3 is 2.12 bits per heavy atom. The summed E-state index contributed by atoms with van der Waals surface area (Å²) >= 11 is 0. The molecule has 0 saturated heterocycles. The van der Waals surface area contributed by atoms with E-state index in [2.05, 4.69) is 27.8 Å². The van der Waals surface area contributed by atoms with Gasteiger partial charge in [0.1, 0.15) is 0 Å². The predicted molar refractivity (Wildman–Crippen MR) is 99.6 cm³/mol. The van der Waals surface area contributed by atoms with Crippen LogP contribution in [0.5, 0.6) is 17.2 Å². The molecule has 2 aromatic carbocycles. The lowest BCUT2D eigenvalue weighted by atomic mass is 10.1. The summed E-state index contributed by atoms with van der Waals surface area (Å²) in [7, 11) is 6.55. The first-order valence-corrected chi connectivity index (χ1v) is 7.99. The number of hydrogen-bond donors (Lipinski definition) is 2. The van der Waals surface area contributed by atoms with Crippen LogP contribution in [0.3, 0.4) is 0 Å². The van der Waals surface area contributed by atoms with Crippen LogP contribution in [0.25, 0.3) is 0 Å². The van der Waals surface area contributed by atoms with Crippen molar-refractivity contribution in [3.8, 4) is 17.2 Å². The largest absolute Gasteiger partial charge is 0.493 e. The molecule has 25 heavy (non-hydrogen) atoms. The molecule has 0 aromatic heterocycles. The van der Waals surface area contributed by atoms with Crippen LogP contribution in [0, 0.1) is 0 Å². The first-order chi connectivity index (χ1) is 12.2. The number of nitrogens with zero attached hydrogens (tertiary/aromatic N) is 1. The van der Waals surface area contributed by atoms with Gasteiger partial charge in [-0.1, -0.05) is 30.3 Å². The molecule has 2 N–H and O–H groups in total. The zero-order valence-corrected chi connectivity index (χ0v) is 15.1. The second-order valence-corrected chi connectivity index (χ2v) is 5.26. The minimum atomic E-state index is 0.540. The van der Waals surface area contributed by atoms with Crippen molar-refractivity contribution in [3.05, 3.63) is 53.6 Å². The first kappa shape index (κ1) is 18.4. The van der Waals surface area contributed by atoms with E-state index < -0.39 is 0 Å². The number of nitrogens with one attached hydrogen (secondary N) is 2. The number of rotatable bonds is 7. The lowest BCUT2D eigenvalue weighted by Crippen LogP contribution is -2.36. The fourth-order valence-corrected chi connectivity index (χ4v) is 2.48. The Hall–Kier alpha value is -2.89. The molecule has 134 valence electrons. The summed E-state index contributed by atoms with van der Waals surface area (Å²) in [5.74, 6) is 2.57. The Kier molecular flexibility index (Phi) is 6.95. The second-order valence-electron chi connectivity index (χ2n) is 5.26. The van der Waals surface area contributed by atoms with Gasteiger partial charge in [-0.2, -0.15) is 0 Å². The van der Waals surface area contributed by atoms with E-state index in [0.29, 0.717) is 36.3 Å². The number of hydrogen-bond acceptors (Lipinski definition) is 4. The number of benzene rings is 2. The monoisotopic (exact) mass is 343 g/mol. The lowest BCUT2D eigenvalue weighted by molar-refractivity contribution is 0.322. The molecular formula is C19H25N3O3. The third kappa shape index (κ3) is 4.79. The minimum absolute atomic E-state index is 0.540. The van der Waals surface area contributed by atoms with Gasteiger partial charge in [-0.25, -0.2) is 0 Å². The van der Waals surface area contributed by atoms with E-state index in [-0.39, 0.29) is 0 Å². The maximum atomic E-state index is 5.50. The summed E-state index contributed by atoms with van der Waals surface area (Å²) in [5.41, 5.74) is 2.14. The van der Waals surface area contributed by atoms with Crippen LogP contribution in [0.4, 0.5) is 0 Å². The number of ether oxygens (including phenoxy) is 3. The van der Waals surface area contributed by atoms with Crippen LogP contribution in [-0.2, 0) is 13.1 Å². The maximum absolute atomic E-state index is 5.50. The van der Waals surface area contributed by atoms with E-state index in [1.807, 2.05) is 30.3 Å². The Bertz CT molecular complexity index is 703. The molecular weight excluding hydrogens is 318 g/mol. The van der Waals surface area contributed by atoms with Crippen molar-refractivity contribution >= 4 is 5.96 Å². The van der Waals surface area contributed by atoms with Crippen molar-refractivity contribution in [2.24, 2.45) is 4.99 Å². The van der Waals surface area contributed by atoms with Crippen LogP contribution in [0.1, 0.15) is 11.1 Å². The molecule has 0 aliphatic carbocycles. The smallest absolute Gasteiger partial charge is 0.203 e. The average molecular weight is 343 g/mol. The van der Waals surface area contributed by atoms with Gasteiger partial charge in [0.2, 0.25) is 5.75 Å². The van der Waals surface area contributed by atoms with Gasteiger partial charge >= 0.3 is 0 Å². The summed E-state index contributed by atoms with van der Waals surface area (Å²) in [6.45, 7) is 1.24. The molecule has 0 spiro atoms. The third-order valence-corrected chi connectivity index (χ3v) is 3.76. The number of aliphatic imine (C=N–C) groups is 1. The zero-order valence-electron chi connectivity index (χ0n) is 15.1. The first-order valence-electron chi connectivity index (χ1n) is 7.99. The van der Waals surface area contributed by atoms with Gasteiger partial charge in [-0.3, -0.25) is 4.99 Å². The Morgan fingerprint density at radius 1 is 0.840 bits per heavy atom.